The van der Waals surface area contributed by atoms with Gasteiger partial charge in [-0.15, -0.1) is 0 Å². The third-order valence-electron chi connectivity index (χ3n) is 2.46. The Bertz CT molecular complexity index is 137. The standard InChI is InChI=1S/C10H20N2/c1-2-5-9(11)8-10-6-3-4-7-12-10/h10-12H,2-8H2,1H3. The summed E-state index contributed by atoms with van der Waals surface area (Å²) < 4.78 is 0. The molecule has 0 amide bonds. The zero-order valence-electron chi connectivity index (χ0n) is 8.03. The van der Waals surface area contributed by atoms with Gasteiger partial charge in [0.1, 0.15) is 0 Å². The molecule has 0 bridgehead atoms. The van der Waals surface area contributed by atoms with E-state index in [1.54, 1.807) is 0 Å². The molecule has 0 aromatic carbocycles. The van der Waals surface area contributed by atoms with E-state index in [0.717, 1.165) is 31.5 Å². The Hall–Kier alpha value is -0.370. The van der Waals surface area contributed by atoms with Crippen LogP contribution in [0.3, 0.4) is 0 Å². The molecule has 1 saturated heterocycles. The minimum atomic E-state index is 0.609. The summed E-state index contributed by atoms with van der Waals surface area (Å²) in [7, 11) is 0. The second kappa shape index (κ2) is 5.31. The minimum absolute atomic E-state index is 0.609. The third kappa shape index (κ3) is 3.35. The van der Waals surface area contributed by atoms with Crippen molar-refractivity contribution >= 4 is 5.71 Å². The van der Waals surface area contributed by atoms with Gasteiger partial charge in [-0.05, 0) is 25.8 Å². The van der Waals surface area contributed by atoms with Crippen molar-refractivity contribution in [3.8, 4) is 0 Å². The van der Waals surface area contributed by atoms with Gasteiger partial charge in [0.15, 0.2) is 0 Å². The van der Waals surface area contributed by atoms with Crippen molar-refractivity contribution in [1.29, 1.82) is 5.41 Å². The van der Waals surface area contributed by atoms with Crippen LogP contribution in [0, 0.1) is 5.41 Å². The SMILES string of the molecule is CCCC(=N)CC1CCCCN1. The van der Waals surface area contributed by atoms with Crippen LogP contribution in [0.15, 0.2) is 0 Å². The molecule has 0 spiro atoms. The molecular weight excluding hydrogens is 148 g/mol. The van der Waals surface area contributed by atoms with Crippen LogP contribution in [0.5, 0.6) is 0 Å². The summed E-state index contributed by atoms with van der Waals surface area (Å²) in [5, 5.41) is 11.2. The molecule has 0 radical (unpaired) electrons. The van der Waals surface area contributed by atoms with Gasteiger partial charge in [-0.25, -0.2) is 0 Å². The molecule has 0 aliphatic carbocycles. The lowest BCUT2D eigenvalue weighted by Gasteiger charge is -2.23. The summed E-state index contributed by atoms with van der Waals surface area (Å²) in [6.07, 6.45) is 7.01. The van der Waals surface area contributed by atoms with Crippen LogP contribution in [0.4, 0.5) is 0 Å². The van der Waals surface area contributed by atoms with Gasteiger partial charge in [-0.2, -0.15) is 0 Å². The van der Waals surface area contributed by atoms with Crippen molar-refractivity contribution in [2.24, 2.45) is 0 Å². The summed E-state index contributed by atoms with van der Waals surface area (Å²) in [6.45, 7) is 3.30. The molecule has 0 saturated carbocycles. The molecule has 2 nitrogen and oxygen atoms in total. The van der Waals surface area contributed by atoms with E-state index >= 15 is 0 Å². The Morgan fingerprint density at radius 3 is 2.92 bits per heavy atom. The zero-order valence-corrected chi connectivity index (χ0v) is 8.03. The first kappa shape index (κ1) is 9.72. The number of nitrogens with one attached hydrogen (secondary N) is 2. The quantitative estimate of drug-likeness (QED) is 0.621. The van der Waals surface area contributed by atoms with Crippen LogP contribution in [0.2, 0.25) is 0 Å². The van der Waals surface area contributed by atoms with Gasteiger partial charge in [0.2, 0.25) is 0 Å². The molecule has 1 heterocycles. The van der Waals surface area contributed by atoms with Crippen LogP contribution in [-0.2, 0) is 0 Å². The lowest BCUT2D eigenvalue weighted by molar-refractivity contribution is 0.408. The zero-order chi connectivity index (χ0) is 8.81. The summed E-state index contributed by atoms with van der Waals surface area (Å²) >= 11 is 0. The summed E-state index contributed by atoms with van der Waals surface area (Å²) in [6, 6.07) is 0.609. The maximum Gasteiger partial charge on any atom is 0.0119 e. The predicted octanol–water partition coefficient (Wildman–Crippen LogP) is 2.34. The number of rotatable bonds is 4. The lowest BCUT2D eigenvalue weighted by atomic mass is 9.98. The first-order valence-electron chi connectivity index (χ1n) is 5.12. The van der Waals surface area contributed by atoms with E-state index in [1.807, 2.05) is 0 Å². The molecule has 1 aliphatic rings. The Balaban J connectivity index is 2.15. The molecule has 0 aromatic heterocycles. The van der Waals surface area contributed by atoms with Gasteiger partial charge in [0, 0.05) is 18.2 Å². The van der Waals surface area contributed by atoms with Crippen molar-refractivity contribution in [1.82, 2.24) is 5.32 Å². The van der Waals surface area contributed by atoms with E-state index in [1.165, 1.54) is 19.3 Å². The second-order valence-corrected chi connectivity index (χ2v) is 3.70. The molecule has 12 heavy (non-hydrogen) atoms. The average Bonchev–Trinajstić information content (AvgIpc) is 2.06. The monoisotopic (exact) mass is 168 g/mol. The van der Waals surface area contributed by atoms with Crippen molar-refractivity contribution in [3.63, 3.8) is 0 Å². The highest BCUT2D eigenvalue weighted by molar-refractivity contribution is 5.81. The Morgan fingerprint density at radius 2 is 2.33 bits per heavy atom. The first-order valence-corrected chi connectivity index (χ1v) is 5.12. The lowest BCUT2D eigenvalue weighted by Crippen LogP contribution is -2.35. The molecule has 1 unspecified atom stereocenters. The van der Waals surface area contributed by atoms with E-state index < -0.39 is 0 Å². The number of hydrogen-bond acceptors (Lipinski definition) is 2. The summed E-state index contributed by atoms with van der Waals surface area (Å²) in [5.74, 6) is 0. The fraction of sp³-hybridized carbons (Fsp3) is 0.900. The highest BCUT2D eigenvalue weighted by atomic mass is 14.9. The van der Waals surface area contributed by atoms with Crippen LogP contribution >= 0.6 is 0 Å². The fourth-order valence-electron chi connectivity index (χ4n) is 1.80. The molecule has 2 heteroatoms. The van der Waals surface area contributed by atoms with E-state index in [4.69, 9.17) is 5.41 Å². The fourth-order valence-corrected chi connectivity index (χ4v) is 1.80. The van der Waals surface area contributed by atoms with Crippen LogP contribution in [-0.4, -0.2) is 18.3 Å². The summed E-state index contributed by atoms with van der Waals surface area (Å²) in [4.78, 5) is 0. The van der Waals surface area contributed by atoms with Crippen molar-refractivity contribution < 1.29 is 0 Å². The smallest absolute Gasteiger partial charge is 0.0119 e. The van der Waals surface area contributed by atoms with Crippen LogP contribution < -0.4 is 5.32 Å². The Kier molecular flexibility index (Phi) is 4.30. The number of piperidine rings is 1. The molecule has 1 atom stereocenters. The van der Waals surface area contributed by atoms with Crippen molar-refractivity contribution in [3.05, 3.63) is 0 Å². The van der Waals surface area contributed by atoms with Crippen LogP contribution in [0.25, 0.3) is 0 Å². The predicted molar refractivity (Wildman–Crippen MR) is 52.9 cm³/mol. The highest BCUT2D eigenvalue weighted by Crippen LogP contribution is 2.11. The third-order valence-corrected chi connectivity index (χ3v) is 2.46. The Morgan fingerprint density at radius 1 is 1.50 bits per heavy atom. The average molecular weight is 168 g/mol. The summed E-state index contributed by atoms with van der Waals surface area (Å²) in [5.41, 5.74) is 0.928. The molecule has 1 rings (SSSR count). The van der Waals surface area contributed by atoms with Gasteiger partial charge in [-0.1, -0.05) is 19.8 Å². The largest absolute Gasteiger partial charge is 0.314 e. The van der Waals surface area contributed by atoms with E-state index in [9.17, 15) is 0 Å². The molecule has 2 N–H and O–H groups in total. The molecule has 70 valence electrons. The molecule has 1 fully saturated rings. The molecule has 0 aromatic rings. The van der Waals surface area contributed by atoms with Gasteiger partial charge in [0.05, 0.1) is 0 Å². The maximum atomic E-state index is 7.68. The normalized spacial score (nSPS) is 23.9. The second-order valence-electron chi connectivity index (χ2n) is 3.70. The van der Waals surface area contributed by atoms with Crippen LogP contribution in [0.1, 0.15) is 45.4 Å². The minimum Gasteiger partial charge on any atom is -0.314 e. The Labute approximate surface area is 75.3 Å². The van der Waals surface area contributed by atoms with E-state index in [2.05, 4.69) is 12.2 Å². The van der Waals surface area contributed by atoms with Crippen molar-refractivity contribution in [2.75, 3.05) is 6.54 Å². The van der Waals surface area contributed by atoms with Crippen molar-refractivity contribution in [2.45, 2.75) is 51.5 Å². The molecule has 1 aliphatic heterocycles. The van der Waals surface area contributed by atoms with Gasteiger partial charge < -0.3 is 10.7 Å². The van der Waals surface area contributed by atoms with E-state index in [-0.39, 0.29) is 0 Å². The first-order chi connectivity index (χ1) is 5.83. The van der Waals surface area contributed by atoms with Gasteiger partial charge in [0.25, 0.3) is 0 Å². The highest BCUT2D eigenvalue weighted by Gasteiger charge is 2.13. The van der Waals surface area contributed by atoms with Gasteiger partial charge in [-0.3, -0.25) is 0 Å². The number of hydrogen-bond donors (Lipinski definition) is 2. The molecular formula is C10H20N2. The topological polar surface area (TPSA) is 35.9 Å². The van der Waals surface area contributed by atoms with E-state index in [0.29, 0.717) is 6.04 Å². The van der Waals surface area contributed by atoms with Gasteiger partial charge >= 0.3 is 0 Å². The maximum absolute atomic E-state index is 7.68.